The molecule has 0 aromatic carbocycles. The van der Waals surface area contributed by atoms with Crippen LogP contribution in [-0.4, -0.2) is 53.0 Å². The third-order valence-electron chi connectivity index (χ3n) is 5.79. The second-order valence-corrected chi connectivity index (χ2v) is 20.3. The van der Waals surface area contributed by atoms with Gasteiger partial charge in [0, 0.05) is 12.2 Å². The number of methoxy groups -OCH3 is 1. The van der Waals surface area contributed by atoms with Crippen LogP contribution in [0.1, 0.15) is 55.4 Å². The van der Waals surface area contributed by atoms with Gasteiger partial charge >= 0.3 is 11.9 Å². The third kappa shape index (κ3) is 13.7. The van der Waals surface area contributed by atoms with Crippen LogP contribution >= 0.6 is 0 Å². The van der Waals surface area contributed by atoms with Crippen molar-refractivity contribution in [2.75, 3.05) is 7.11 Å². The third-order valence-corrected chi connectivity index (χ3v) is 14.9. The summed E-state index contributed by atoms with van der Waals surface area (Å²) in [6, 6.07) is 0. The minimum atomic E-state index is -1.78. The lowest BCUT2D eigenvalue weighted by Crippen LogP contribution is -2.42. The van der Waals surface area contributed by atoms with Gasteiger partial charge in [0.25, 0.3) is 0 Å². The lowest BCUT2D eigenvalue weighted by Gasteiger charge is -2.37. The van der Waals surface area contributed by atoms with Gasteiger partial charge in [0.1, 0.15) is 0 Å². The van der Waals surface area contributed by atoms with Crippen molar-refractivity contribution in [3.8, 4) is 0 Å². The molecule has 0 saturated carbocycles. The van der Waals surface area contributed by atoms with Crippen LogP contribution in [-0.2, 0) is 23.2 Å². The van der Waals surface area contributed by atoms with Gasteiger partial charge < -0.3 is 18.7 Å². The lowest BCUT2D eigenvalue weighted by molar-refractivity contribution is -0.135. The summed E-state index contributed by atoms with van der Waals surface area (Å²) in [5, 5.41) is 8.82. The molecule has 0 aliphatic rings. The fourth-order valence-electron chi connectivity index (χ4n) is 1.86. The smallest absolute Gasteiger partial charge is 0.330 e. The Morgan fingerprint density at radius 1 is 0.774 bits per heavy atom. The SMILES string of the molecule is COC(=O)/C=C\[C@H](C)O[Si](C)(C)C(C)(C)C.C[C@@H](/C=C\C(=O)O)O[Si](C)(C)C(C)(C)C. The number of carbonyl (C=O) groups is 2. The van der Waals surface area contributed by atoms with Crippen molar-refractivity contribution >= 4 is 28.6 Å². The van der Waals surface area contributed by atoms with E-state index in [-0.39, 0.29) is 28.3 Å². The molecule has 0 aromatic rings. The molecule has 0 saturated heterocycles. The summed E-state index contributed by atoms with van der Waals surface area (Å²) in [5.74, 6) is -1.27. The van der Waals surface area contributed by atoms with Crippen molar-refractivity contribution < 1.29 is 28.3 Å². The van der Waals surface area contributed by atoms with Gasteiger partial charge in [-0.3, -0.25) is 0 Å². The standard InChI is InChI=1S/C12H24O3Si.C11H22O3Si/c1-10(8-9-11(13)14-5)15-16(6,7)12(2,3)4;1-9(7-8-10(12)13)14-15(5,6)11(2,3)4/h8-10H,1-7H3;7-9H,1-6H3,(H,12,13)/b9-8-;8-7-/t10-;9-/m00/s1. The van der Waals surface area contributed by atoms with E-state index in [0.717, 1.165) is 6.08 Å². The summed E-state index contributed by atoms with van der Waals surface area (Å²) in [6.07, 6.45) is 5.69. The van der Waals surface area contributed by atoms with Crippen molar-refractivity contribution in [3.63, 3.8) is 0 Å². The first-order valence-electron chi connectivity index (χ1n) is 10.7. The molecular formula is C23H46O6Si2. The average Bonchev–Trinajstić information content (AvgIpc) is 2.55. The molecule has 0 aliphatic carbocycles. The van der Waals surface area contributed by atoms with Gasteiger partial charge in [-0.1, -0.05) is 53.7 Å². The van der Waals surface area contributed by atoms with E-state index in [0.29, 0.717) is 0 Å². The summed E-state index contributed by atoms with van der Waals surface area (Å²) >= 11 is 0. The van der Waals surface area contributed by atoms with Crippen LogP contribution in [0.25, 0.3) is 0 Å². The number of esters is 1. The number of hydrogen-bond donors (Lipinski definition) is 1. The maximum atomic E-state index is 10.9. The number of carboxylic acids is 1. The Morgan fingerprint density at radius 2 is 1.10 bits per heavy atom. The first kappa shape index (κ1) is 32.0. The van der Waals surface area contributed by atoms with Gasteiger partial charge in [0.05, 0.1) is 19.3 Å². The Morgan fingerprint density at radius 3 is 1.35 bits per heavy atom. The second-order valence-electron chi connectivity index (χ2n) is 10.7. The Hall–Kier alpha value is -1.23. The molecule has 0 bridgehead atoms. The first-order chi connectivity index (χ1) is 13.7. The largest absolute Gasteiger partial charge is 0.478 e. The van der Waals surface area contributed by atoms with Gasteiger partial charge in [-0.05, 0) is 50.1 Å². The molecule has 1 N–H and O–H groups in total. The van der Waals surface area contributed by atoms with Crippen LogP contribution in [0, 0.1) is 0 Å². The van der Waals surface area contributed by atoms with E-state index >= 15 is 0 Å². The Balaban J connectivity index is 0. The number of hydrogen-bond acceptors (Lipinski definition) is 5. The first-order valence-corrected chi connectivity index (χ1v) is 16.5. The highest BCUT2D eigenvalue weighted by molar-refractivity contribution is 6.74. The molecule has 6 nitrogen and oxygen atoms in total. The number of carboxylic acid groups (broad SMARTS) is 1. The van der Waals surface area contributed by atoms with Crippen LogP contribution in [0.5, 0.6) is 0 Å². The summed E-state index contributed by atoms with van der Waals surface area (Å²) in [7, 11) is -2.17. The normalized spacial score (nSPS) is 15.4. The van der Waals surface area contributed by atoms with Crippen LogP contribution in [0.4, 0.5) is 0 Å². The predicted molar refractivity (Wildman–Crippen MR) is 133 cm³/mol. The van der Waals surface area contributed by atoms with Gasteiger partial charge in [-0.25, -0.2) is 9.59 Å². The Bertz CT molecular complexity index is 625. The van der Waals surface area contributed by atoms with Crippen LogP contribution < -0.4 is 0 Å². The lowest BCUT2D eigenvalue weighted by atomic mass is 10.2. The van der Waals surface area contributed by atoms with Crippen molar-refractivity contribution in [2.45, 2.75) is 104 Å². The summed E-state index contributed by atoms with van der Waals surface area (Å²) in [6.45, 7) is 25.6. The Kier molecular flexibility index (Phi) is 13.1. The fourth-order valence-corrected chi connectivity index (χ4v) is 4.58. The molecule has 182 valence electrons. The minimum Gasteiger partial charge on any atom is -0.478 e. The molecule has 0 radical (unpaired) electrons. The molecule has 0 unspecified atom stereocenters. The quantitative estimate of drug-likeness (QED) is 0.257. The highest BCUT2D eigenvalue weighted by Crippen LogP contribution is 2.38. The zero-order chi connectivity index (χ0) is 25.3. The monoisotopic (exact) mass is 474 g/mol. The topological polar surface area (TPSA) is 82.1 Å². The predicted octanol–water partition coefficient (Wildman–Crippen LogP) is 6.16. The minimum absolute atomic E-state index is 0.0556. The van der Waals surface area contributed by atoms with E-state index < -0.39 is 22.6 Å². The maximum Gasteiger partial charge on any atom is 0.330 e. The van der Waals surface area contributed by atoms with Crippen molar-refractivity contribution in [3.05, 3.63) is 24.3 Å². The van der Waals surface area contributed by atoms with E-state index in [4.69, 9.17) is 14.0 Å². The van der Waals surface area contributed by atoms with Gasteiger partial charge in [-0.15, -0.1) is 0 Å². The maximum absolute atomic E-state index is 10.9. The number of rotatable bonds is 8. The van der Waals surface area contributed by atoms with Gasteiger partial charge in [0.15, 0.2) is 16.6 Å². The molecule has 8 heteroatoms. The summed E-state index contributed by atoms with van der Waals surface area (Å²) in [5.41, 5.74) is 0. The zero-order valence-electron chi connectivity index (χ0n) is 22.0. The molecule has 0 aromatic heterocycles. The zero-order valence-corrected chi connectivity index (χ0v) is 24.0. The molecule has 0 spiro atoms. The van der Waals surface area contributed by atoms with E-state index in [1.165, 1.54) is 13.2 Å². The van der Waals surface area contributed by atoms with Crippen molar-refractivity contribution in [1.29, 1.82) is 0 Å². The van der Waals surface area contributed by atoms with Gasteiger partial charge in [-0.2, -0.15) is 0 Å². The van der Waals surface area contributed by atoms with Gasteiger partial charge in [0.2, 0.25) is 0 Å². The number of carbonyl (C=O) groups excluding carboxylic acids is 1. The molecule has 2 atom stereocenters. The van der Waals surface area contributed by atoms with Crippen LogP contribution in [0.3, 0.4) is 0 Å². The van der Waals surface area contributed by atoms with Crippen LogP contribution in [0.2, 0.25) is 36.3 Å². The summed E-state index contributed by atoms with van der Waals surface area (Å²) in [4.78, 5) is 21.3. The van der Waals surface area contributed by atoms with Crippen molar-refractivity contribution in [1.82, 2.24) is 0 Å². The fraction of sp³-hybridized carbons (Fsp3) is 0.739. The molecule has 0 fully saturated rings. The highest BCUT2D eigenvalue weighted by Gasteiger charge is 2.38. The molecule has 0 rings (SSSR count). The van der Waals surface area contributed by atoms with Crippen molar-refractivity contribution in [2.24, 2.45) is 0 Å². The van der Waals surface area contributed by atoms with E-state index in [2.05, 4.69) is 72.5 Å². The van der Waals surface area contributed by atoms with E-state index in [1.54, 1.807) is 12.2 Å². The second kappa shape index (κ2) is 12.7. The van der Waals surface area contributed by atoms with Crippen LogP contribution in [0.15, 0.2) is 24.3 Å². The highest BCUT2D eigenvalue weighted by atomic mass is 28.4. The molecular weight excluding hydrogens is 428 g/mol. The molecule has 0 amide bonds. The molecule has 0 aliphatic heterocycles. The Labute approximate surface area is 192 Å². The average molecular weight is 475 g/mol. The molecule has 0 heterocycles. The molecule has 31 heavy (non-hydrogen) atoms. The van der Waals surface area contributed by atoms with E-state index in [1.807, 2.05) is 13.8 Å². The van der Waals surface area contributed by atoms with E-state index in [9.17, 15) is 9.59 Å². The number of ether oxygens (including phenoxy) is 1. The summed E-state index contributed by atoms with van der Waals surface area (Å²) < 4.78 is 16.5. The number of aliphatic carboxylic acids is 1.